The van der Waals surface area contributed by atoms with Crippen LogP contribution in [-0.4, -0.2) is 12.8 Å². The minimum Gasteiger partial charge on any atom is -0.293 e. The lowest BCUT2D eigenvalue weighted by Gasteiger charge is -2.04. The second-order valence-corrected chi connectivity index (χ2v) is 4.37. The lowest BCUT2D eigenvalue weighted by atomic mass is 10.0. The van der Waals surface area contributed by atoms with Gasteiger partial charge in [-0.3, -0.25) is 4.99 Å². The maximum absolute atomic E-state index is 4.30. The Kier molecular flexibility index (Phi) is 3.91. The Morgan fingerprint density at radius 3 is 2.86 bits per heavy atom. The van der Waals surface area contributed by atoms with Crippen molar-refractivity contribution < 1.29 is 0 Å². The molecule has 0 saturated heterocycles. The summed E-state index contributed by atoms with van der Waals surface area (Å²) in [5.74, 6) is 0. The van der Waals surface area contributed by atoms with E-state index in [0.29, 0.717) is 5.41 Å². The first-order chi connectivity index (χ1) is 6.66. The van der Waals surface area contributed by atoms with E-state index in [1.54, 1.807) is 12.3 Å². The van der Waals surface area contributed by atoms with Crippen molar-refractivity contribution in [3.05, 3.63) is 30.5 Å². The summed E-state index contributed by atoms with van der Waals surface area (Å²) in [6.07, 6.45) is 8.86. The van der Waals surface area contributed by atoms with Crippen LogP contribution in [0.3, 0.4) is 0 Å². The Balaban J connectivity index is 2.08. The molecule has 0 bridgehead atoms. The smallest absolute Gasteiger partial charge is 0.0389 e. The molecule has 76 valence electrons. The van der Waals surface area contributed by atoms with E-state index in [-0.39, 0.29) is 0 Å². The first-order valence-corrected chi connectivity index (χ1v) is 5.21. The fraction of sp³-hybridized carbons (Fsp3) is 0.538. The molecule has 0 aromatic carbocycles. The summed E-state index contributed by atoms with van der Waals surface area (Å²) in [4.78, 5) is 4.30. The highest BCUT2D eigenvalue weighted by Crippen LogP contribution is 2.48. The zero-order valence-corrected chi connectivity index (χ0v) is 9.05. The van der Waals surface area contributed by atoms with Gasteiger partial charge in [-0.1, -0.05) is 20.1 Å². The first kappa shape index (κ1) is 11.0. The van der Waals surface area contributed by atoms with E-state index >= 15 is 0 Å². The van der Waals surface area contributed by atoms with E-state index in [1.165, 1.54) is 25.7 Å². The standard InChI is InChI=1S/C13H19N/c1-4-6-12(2)11-14-10-5-7-13(3)8-9-13/h6,11H,1-2,5,7-10H2,3H3. The molecule has 0 spiro atoms. The van der Waals surface area contributed by atoms with Crippen LogP contribution < -0.4 is 0 Å². The van der Waals surface area contributed by atoms with Crippen LogP contribution in [0.4, 0.5) is 0 Å². The van der Waals surface area contributed by atoms with E-state index in [9.17, 15) is 0 Å². The van der Waals surface area contributed by atoms with Crippen LogP contribution >= 0.6 is 0 Å². The SMILES string of the molecule is C=C=CC(=C)C=NCCCC1(C)CC1. The molecule has 0 unspecified atom stereocenters. The summed E-state index contributed by atoms with van der Waals surface area (Å²) in [6.45, 7) is 10.6. The molecule has 1 saturated carbocycles. The van der Waals surface area contributed by atoms with Gasteiger partial charge in [-0.2, -0.15) is 0 Å². The van der Waals surface area contributed by atoms with Gasteiger partial charge in [-0.25, -0.2) is 0 Å². The van der Waals surface area contributed by atoms with Crippen LogP contribution in [0.25, 0.3) is 0 Å². The second-order valence-electron chi connectivity index (χ2n) is 4.37. The molecule has 0 atom stereocenters. The highest BCUT2D eigenvalue weighted by molar-refractivity contribution is 5.81. The fourth-order valence-corrected chi connectivity index (χ4v) is 1.41. The topological polar surface area (TPSA) is 12.4 Å². The Morgan fingerprint density at radius 2 is 2.29 bits per heavy atom. The van der Waals surface area contributed by atoms with Gasteiger partial charge in [0.25, 0.3) is 0 Å². The van der Waals surface area contributed by atoms with Crippen molar-refractivity contribution >= 4 is 6.21 Å². The minimum atomic E-state index is 0.660. The van der Waals surface area contributed by atoms with Gasteiger partial charge in [0.1, 0.15) is 0 Å². The molecule has 0 aromatic rings. The monoisotopic (exact) mass is 189 g/mol. The Labute approximate surface area is 86.9 Å². The fourth-order valence-electron chi connectivity index (χ4n) is 1.41. The molecule has 14 heavy (non-hydrogen) atoms. The average molecular weight is 189 g/mol. The molecule has 1 aliphatic rings. The normalized spacial score (nSPS) is 17.8. The minimum absolute atomic E-state index is 0.660. The molecule has 1 aliphatic carbocycles. The zero-order valence-electron chi connectivity index (χ0n) is 9.05. The molecular weight excluding hydrogens is 170 g/mol. The molecule has 1 rings (SSSR count). The summed E-state index contributed by atoms with van der Waals surface area (Å²) >= 11 is 0. The molecule has 0 radical (unpaired) electrons. The van der Waals surface area contributed by atoms with E-state index in [2.05, 4.69) is 30.8 Å². The van der Waals surface area contributed by atoms with Crippen molar-refractivity contribution in [1.82, 2.24) is 0 Å². The van der Waals surface area contributed by atoms with Crippen LogP contribution in [0, 0.1) is 5.41 Å². The van der Waals surface area contributed by atoms with Crippen LogP contribution in [0.1, 0.15) is 32.6 Å². The number of hydrogen-bond acceptors (Lipinski definition) is 1. The summed E-state index contributed by atoms with van der Waals surface area (Å²) in [6, 6.07) is 0. The quantitative estimate of drug-likeness (QED) is 0.262. The lowest BCUT2D eigenvalue weighted by Crippen LogP contribution is -1.94. The summed E-state index contributed by atoms with van der Waals surface area (Å²) in [5.41, 5.74) is 4.21. The summed E-state index contributed by atoms with van der Waals surface area (Å²) < 4.78 is 0. The molecule has 0 aliphatic heterocycles. The molecule has 1 heteroatoms. The zero-order chi connectivity index (χ0) is 10.4. The predicted molar refractivity (Wildman–Crippen MR) is 62.8 cm³/mol. The molecule has 0 amide bonds. The molecule has 1 fully saturated rings. The molecule has 0 N–H and O–H groups in total. The molecule has 0 aromatic heterocycles. The first-order valence-electron chi connectivity index (χ1n) is 5.21. The summed E-state index contributed by atoms with van der Waals surface area (Å²) in [7, 11) is 0. The van der Waals surface area contributed by atoms with Crippen LogP contribution in [0.15, 0.2) is 35.5 Å². The van der Waals surface area contributed by atoms with E-state index < -0.39 is 0 Å². The average Bonchev–Trinajstić information content (AvgIpc) is 2.84. The Bertz CT molecular complexity index is 276. The number of aliphatic imine (C=N–C) groups is 1. The Hall–Kier alpha value is -1.07. The van der Waals surface area contributed by atoms with E-state index in [1.807, 2.05) is 0 Å². The maximum atomic E-state index is 4.30. The van der Waals surface area contributed by atoms with Gasteiger partial charge in [0.05, 0.1) is 0 Å². The van der Waals surface area contributed by atoms with Crippen molar-refractivity contribution in [2.45, 2.75) is 32.6 Å². The van der Waals surface area contributed by atoms with E-state index in [4.69, 9.17) is 0 Å². The molecular formula is C13H19N. The van der Waals surface area contributed by atoms with Gasteiger partial charge in [0.15, 0.2) is 0 Å². The number of nitrogens with zero attached hydrogens (tertiary/aromatic N) is 1. The summed E-state index contributed by atoms with van der Waals surface area (Å²) in [5, 5.41) is 0. The van der Waals surface area contributed by atoms with Gasteiger partial charge in [-0.15, -0.1) is 5.73 Å². The number of rotatable bonds is 6. The highest BCUT2D eigenvalue weighted by Gasteiger charge is 2.35. The third-order valence-electron chi connectivity index (χ3n) is 2.72. The van der Waals surface area contributed by atoms with Crippen LogP contribution in [0.5, 0.6) is 0 Å². The highest BCUT2D eigenvalue weighted by atomic mass is 14.7. The predicted octanol–water partition coefficient (Wildman–Crippen LogP) is 3.53. The second kappa shape index (κ2) is 4.97. The van der Waals surface area contributed by atoms with Gasteiger partial charge < -0.3 is 0 Å². The molecule has 1 nitrogen and oxygen atoms in total. The maximum Gasteiger partial charge on any atom is 0.0389 e. The van der Waals surface area contributed by atoms with Crippen molar-refractivity contribution in [3.8, 4) is 0 Å². The molecule has 0 heterocycles. The number of hydrogen-bond donors (Lipinski definition) is 0. The van der Waals surface area contributed by atoms with Crippen molar-refractivity contribution in [2.75, 3.05) is 6.54 Å². The third-order valence-corrected chi connectivity index (χ3v) is 2.72. The van der Waals surface area contributed by atoms with Crippen LogP contribution in [0.2, 0.25) is 0 Å². The van der Waals surface area contributed by atoms with E-state index in [0.717, 1.165) is 12.1 Å². The lowest BCUT2D eigenvalue weighted by molar-refractivity contribution is 0.500. The number of allylic oxidation sites excluding steroid dienone is 2. The van der Waals surface area contributed by atoms with Crippen LogP contribution in [-0.2, 0) is 0 Å². The van der Waals surface area contributed by atoms with Gasteiger partial charge >= 0.3 is 0 Å². The van der Waals surface area contributed by atoms with Gasteiger partial charge in [0, 0.05) is 12.8 Å². The van der Waals surface area contributed by atoms with Gasteiger partial charge in [-0.05, 0) is 42.7 Å². The van der Waals surface area contributed by atoms with Gasteiger partial charge in [0.2, 0.25) is 0 Å². The van der Waals surface area contributed by atoms with Crippen molar-refractivity contribution in [2.24, 2.45) is 10.4 Å². The van der Waals surface area contributed by atoms with Crippen molar-refractivity contribution in [3.63, 3.8) is 0 Å². The Morgan fingerprint density at radius 1 is 1.57 bits per heavy atom. The van der Waals surface area contributed by atoms with Crippen molar-refractivity contribution in [1.29, 1.82) is 0 Å². The third kappa shape index (κ3) is 4.25. The largest absolute Gasteiger partial charge is 0.293 e.